The molecule has 2 N–H and O–H groups in total. The van der Waals surface area contributed by atoms with Gasteiger partial charge in [-0.1, -0.05) is 24.3 Å². The van der Waals surface area contributed by atoms with Crippen LogP contribution in [-0.4, -0.2) is 39.1 Å². The molecule has 8 nitrogen and oxygen atoms in total. The van der Waals surface area contributed by atoms with Crippen molar-refractivity contribution in [2.45, 2.75) is 4.90 Å². The van der Waals surface area contributed by atoms with Crippen LogP contribution in [0.15, 0.2) is 81.2 Å². The maximum Gasteiger partial charge on any atom is 0.272 e. The molecule has 0 aliphatic carbocycles. The maximum absolute atomic E-state index is 12.4. The predicted octanol–water partition coefficient (Wildman–Crippen LogP) is 4.53. The molecule has 0 saturated carbocycles. The molecule has 4 aromatic carbocycles. The molecule has 0 unspecified atom stereocenters. The minimum Gasteiger partial charge on any atom is -0.496 e. The quantitative estimate of drug-likeness (QED) is 0.254. The van der Waals surface area contributed by atoms with Gasteiger partial charge in [0.2, 0.25) is 0 Å². The smallest absolute Gasteiger partial charge is 0.272 e. The number of nitrogens with one attached hydrogen (secondary N) is 2. The van der Waals surface area contributed by atoms with Gasteiger partial charge in [0.15, 0.2) is 5.75 Å². The van der Waals surface area contributed by atoms with E-state index in [-0.39, 0.29) is 17.3 Å². The van der Waals surface area contributed by atoms with Crippen LogP contribution in [0, 0.1) is 0 Å². The average Bonchev–Trinajstić information content (AvgIpc) is 2.91. The zero-order valence-corrected chi connectivity index (χ0v) is 21.1. The lowest BCUT2D eigenvalue weighted by atomic mass is 10.0. The van der Waals surface area contributed by atoms with Crippen LogP contribution in [0.2, 0.25) is 0 Å². The van der Waals surface area contributed by atoms with E-state index in [0.717, 1.165) is 21.7 Å². The van der Waals surface area contributed by atoms with Crippen LogP contribution in [-0.2, 0) is 0 Å². The van der Waals surface area contributed by atoms with Crippen molar-refractivity contribution in [1.82, 2.24) is 4.90 Å². The summed E-state index contributed by atoms with van der Waals surface area (Å²) in [6, 6.07) is 20.6. The fourth-order valence-corrected chi connectivity index (χ4v) is 4.42. The summed E-state index contributed by atoms with van der Waals surface area (Å²) < 4.78 is 13.8. The van der Waals surface area contributed by atoms with Crippen molar-refractivity contribution in [3.8, 4) is 22.6 Å². The number of carbonyl (C=O) groups is 1. The molecule has 0 radical (unpaired) electrons. The van der Waals surface area contributed by atoms with E-state index in [4.69, 9.17) is 9.47 Å². The van der Waals surface area contributed by atoms with Gasteiger partial charge in [-0.2, -0.15) is 0 Å². The standard InChI is InChI=1S/C27H25N3O5S/c1-30(2)27(33)18-8-5-7-16(13-18)17-11-12-21(34-3)22(14-17)36-29-20-10-6-9-19(15-20)28-23-24(31)25(32)26(23)35-4/h5-15,28-29H,1-4H3. The summed E-state index contributed by atoms with van der Waals surface area (Å²) in [5, 5.41) is 2.95. The third kappa shape index (κ3) is 5.06. The van der Waals surface area contributed by atoms with Crippen molar-refractivity contribution in [2.75, 3.05) is 38.4 Å². The van der Waals surface area contributed by atoms with Gasteiger partial charge in [-0.15, -0.1) is 0 Å². The molecule has 184 valence electrons. The molecule has 9 heteroatoms. The van der Waals surface area contributed by atoms with Crippen LogP contribution in [0.4, 0.5) is 17.1 Å². The Morgan fingerprint density at radius 1 is 0.833 bits per heavy atom. The monoisotopic (exact) mass is 503 g/mol. The lowest BCUT2D eigenvalue weighted by Crippen LogP contribution is -2.34. The summed E-state index contributed by atoms with van der Waals surface area (Å²) >= 11 is 1.37. The summed E-state index contributed by atoms with van der Waals surface area (Å²) in [7, 11) is 6.42. The van der Waals surface area contributed by atoms with Crippen molar-refractivity contribution in [3.63, 3.8) is 0 Å². The van der Waals surface area contributed by atoms with Crippen molar-refractivity contribution in [1.29, 1.82) is 0 Å². The molecule has 0 saturated heterocycles. The van der Waals surface area contributed by atoms with E-state index in [1.807, 2.05) is 54.6 Å². The predicted molar refractivity (Wildman–Crippen MR) is 144 cm³/mol. The fraction of sp³-hybridized carbons (Fsp3) is 0.148. The Kier molecular flexibility index (Phi) is 7.30. The number of hydrogen-bond donors (Lipinski definition) is 2. The van der Waals surface area contributed by atoms with E-state index in [0.29, 0.717) is 17.0 Å². The van der Waals surface area contributed by atoms with Gasteiger partial charge >= 0.3 is 0 Å². The fourth-order valence-electron chi connectivity index (χ4n) is 3.62. The van der Waals surface area contributed by atoms with Crippen molar-refractivity contribution >= 4 is 34.9 Å². The average molecular weight is 504 g/mol. The topological polar surface area (TPSA) is 97.0 Å². The van der Waals surface area contributed by atoms with Crippen LogP contribution in [0.5, 0.6) is 11.5 Å². The van der Waals surface area contributed by atoms with Crippen LogP contribution in [0.1, 0.15) is 10.4 Å². The van der Waals surface area contributed by atoms with E-state index in [1.54, 1.807) is 38.2 Å². The van der Waals surface area contributed by atoms with Gasteiger partial charge in [0.25, 0.3) is 16.8 Å². The summed E-state index contributed by atoms with van der Waals surface area (Å²) in [4.78, 5) is 38.2. The van der Waals surface area contributed by atoms with Gasteiger partial charge in [-0.05, 0) is 65.5 Å². The van der Waals surface area contributed by atoms with Gasteiger partial charge in [-0.3, -0.25) is 14.4 Å². The first-order valence-electron chi connectivity index (χ1n) is 11.0. The van der Waals surface area contributed by atoms with Crippen molar-refractivity contribution < 1.29 is 14.3 Å². The first-order chi connectivity index (χ1) is 17.3. The minimum absolute atomic E-state index is 0.0330. The summed E-state index contributed by atoms with van der Waals surface area (Å²) in [6.45, 7) is 0. The number of anilines is 3. The van der Waals surface area contributed by atoms with Crippen LogP contribution in [0.25, 0.3) is 11.1 Å². The largest absolute Gasteiger partial charge is 0.496 e. The van der Waals surface area contributed by atoms with Crippen LogP contribution < -0.4 is 30.4 Å². The molecule has 0 bridgehead atoms. The first kappa shape index (κ1) is 24.9. The van der Waals surface area contributed by atoms with Gasteiger partial charge in [-0.25, -0.2) is 0 Å². The third-order valence-electron chi connectivity index (χ3n) is 5.49. The summed E-state index contributed by atoms with van der Waals surface area (Å²) in [6.07, 6.45) is 0. The van der Waals surface area contributed by atoms with E-state index >= 15 is 0 Å². The third-order valence-corrected chi connectivity index (χ3v) is 6.37. The van der Waals surface area contributed by atoms with E-state index in [1.165, 1.54) is 19.1 Å². The number of methoxy groups -OCH3 is 2. The Bertz CT molecular complexity index is 1490. The van der Waals surface area contributed by atoms with E-state index in [9.17, 15) is 14.4 Å². The molecule has 36 heavy (non-hydrogen) atoms. The number of rotatable bonds is 9. The van der Waals surface area contributed by atoms with Crippen LogP contribution >= 0.6 is 11.9 Å². The number of nitrogens with zero attached hydrogens (tertiary/aromatic N) is 1. The van der Waals surface area contributed by atoms with Crippen LogP contribution in [0.3, 0.4) is 0 Å². The highest BCUT2D eigenvalue weighted by Gasteiger charge is 2.21. The molecule has 0 heterocycles. The van der Waals surface area contributed by atoms with E-state index in [2.05, 4.69) is 10.0 Å². The second-order valence-corrected chi connectivity index (χ2v) is 8.97. The number of hydrogen-bond acceptors (Lipinski definition) is 8. The molecule has 0 fully saturated rings. The number of amides is 1. The highest BCUT2D eigenvalue weighted by molar-refractivity contribution is 8.00. The molecule has 1 amide bonds. The summed E-state index contributed by atoms with van der Waals surface area (Å²) in [5.41, 5.74) is 2.80. The van der Waals surface area contributed by atoms with Crippen molar-refractivity contribution in [2.24, 2.45) is 0 Å². The molecular weight excluding hydrogens is 478 g/mol. The molecule has 0 atom stereocenters. The van der Waals surface area contributed by atoms with Gasteiger partial charge < -0.3 is 24.4 Å². The lowest BCUT2D eigenvalue weighted by Gasteiger charge is -2.15. The molecule has 0 aromatic heterocycles. The van der Waals surface area contributed by atoms with Gasteiger partial charge in [0.05, 0.1) is 19.1 Å². The number of carbonyl (C=O) groups excluding carboxylic acids is 1. The second-order valence-electron chi connectivity index (χ2n) is 8.12. The molecule has 4 rings (SSSR count). The lowest BCUT2D eigenvalue weighted by molar-refractivity contribution is 0.0827. The highest BCUT2D eigenvalue weighted by Crippen LogP contribution is 2.35. The molecule has 0 spiro atoms. The van der Waals surface area contributed by atoms with E-state index < -0.39 is 10.9 Å². The molecule has 0 aliphatic heterocycles. The zero-order chi connectivity index (χ0) is 25.8. The zero-order valence-electron chi connectivity index (χ0n) is 20.2. The first-order valence-corrected chi connectivity index (χ1v) is 11.8. The Labute approximate surface area is 212 Å². The summed E-state index contributed by atoms with van der Waals surface area (Å²) in [5.74, 6) is 0.668. The normalized spacial score (nSPS) is 10.7. The van der Waals surface area contributed by atoms with Crippen molar-refractivity contribution in [3.05, 3.63) is 92.7 Å². The van der Waals surface area contributed by atoms with Gasteiger partial charge in [0.1, 0.15) is 11.4 Å². The minimum atomic E-state index is -0.631. The number of ether oxygens (including phenoxy) is 2. The Morgan fingerprint density at radius 3 is 2.28 bits per heavy atom. The molecule has 4 aromatic rings. The highest BCUT2D eigenvalue weighted by atomic mass is 32.2. The Balaban J connectivity index is 1.54. The maximum atomic E-state index is 12.4. The second kappa shape index (κ2) is 10.6. The Hall–Kier alpha value is -4.24. The SMILES string of the molecule is COc1ccc(-c2cccc(C(=O)N(C)C)c2)cc1SNc1cccc(Nc2c(OC)c(=O)c2=O)c1. The molecule has 0 aliphatic rings. The number of benzene rings is 3. The Morgan fingerprint density at radius 2 is 1.56 bits per heavy atom. The van der Waals surface area contributed by atoms with Gasteiger partial charge in [0, 0.05) is 31.0 Å². The molecular formula is C27H25N3O5S.